The van der Waals surface area contributed by atoms with Crippen molar-refractivity contribution in [2.24, 2.45) is 0 Å². The van der Waals surface area contributed by atoms with Gasteiger partial charge in [-0.25, -0.2) is 8.42 Å². The molecule has 0 saturated carbocycles. The number of benzene rings is 1. The maximum Gasteiger partial charge on any atom is 0.201 e. The van der Waals surface area contributed by atoms with Gasteiger partial charge in [0.2, 0.25) is 9.84 Å². The minimum Gasteiger partial charge on any atom is -0.374 e. The van der Waals surface area contributed by atoms with Crippen LogP contribution in [0.3, 0.4) is 0 Å². The highest BCUT2D eigenvalue weighted by atomic mass is 32.2. The first kappa shape index (κ1) is 13.1. The predicted octanol–water partition coefficient (Wildman–Crippen LogP) is 2.73. The third-order valence-electron chi connectivity index (χ3n) is 3.28. The fourth-order valence-corrected chi connectivity index (χ4v) is 3.41. The van der Waals surface area contributed by atoms with Gasteiger partial charge in [-0.1, -0.05) is 17.7 Å². The summed E-state index contributed by atoms with van der Waals surface area (Å²) in [6.45, 7) is 5.75. The van der Waals surface area contributed by atoms with E-state index >= 15 is 0 Å². The van der Waals surface area contributed by atoms with Crippen molar-refractivity contribution in [2.75, 3.05) is 13.1 Å². The van der Waals surface area contributed by atoms with E-state index in [1.807, 2.05) is 26.0 Å². The molecule has 0 spiro atoms. The fraction of sp³-hybridized carbons (Fsp3) is 0.429. The maximum absolute atomic E-state index is 12.2. The van der Waals surface area contributed by atoms with Crippen LogP contribution in [0.2, 0.25) is 0 Å². The number of allylic oxidation sites excluding steroid dienone is 1. The van der Waals surface area contributed by atoms with Crippen LogP contribution in [-0.2, 0) is 9.84 Å². The summed E-state index contributed by atoms with van der Waals surface area (Å²) in [6.07, 6.45) is 2.30. The van der Waals surface area contributed by atoms with Crippen LogP contribution < -0.4 is 0 Å². The van der Waals surface area contributed by atoms with Gasteiger partial charge >= 0.3 is 0 Å². The Morgan fingerprint density at radius 2 is 1.72 bits per heavy atom. The summed E-state index contributed by atoms with van der Waals surface area (Å²) in [7, 11) is -3.32. The highest BCUT2D eigenvalue weighted by Gasteiger charge is 2.16. The molecule has 3 nitrogen and oxygen atoms in total. The SMILES string of the molecule is C/C(=C/S(=O)(=O)c1ccc(C)cc1)N1CCCC1. The molecule has 0 aliphatic carbocycles. The van der Waals surface area contributed by atoms with Gasteiger partial charge in [-0.05, 0) is 38.8 Å². The Kier molecular flexibility index (Phi) is 3.76. The van der Waals surface area contributed by atoms with E-state index in [4.69, 9.17) is 0 Å². The lowest BCUT2D eigenvalue weighted by atomic mass is 10.2. The summed E-state index contributed by atoms with van der Waals surface area (Å²) in [5, 5.41) is 1.39. The molecule has 0 radical (unpaired) electrons. The van der Waals surface area contributed by atoms with E-state index in [-0.39, 0.29) is 0 Å². The molecule has 18 heavy (non-hydrogen) atoms. The van der Waals surface area contributed by atoms with Gasteiger partial charge in [-0.3, -0.25) is 0 Å². The van der Waals surface area contributed by atoms with Gasteiger partial charge in [-0.15, -0.1) is 0 Å². The Labute approximate surface area is 109 Å². The summed E-state index contributed by atoms with van der Waals surface area (Å²) < 4.78 is 24.4. The largest absolute Gasteiger partial charge is 0.374 e. The van der Waals surface area contributed by atoms with Crippen LogP contribution in [0.4, 0.5) is 0 Å². The normalized spacial score (nSPS) is 17.2. The number of rotatable bonds is 3. The summed E-state index contributed by atoms with van der Waals surface area (Å²) >= 11 is 0. The third-order valence-corrected chi connectivity index (χ3v) is 4.86. The van der Waals surface area contributed by atoms with E-state index in [1.165, 1.54) is 5.41 Å². The topological polar surface area (TPSA) is 37.4 Å². The molecule has 1 heterocycles. The van der Waals surface area contributed by atoms with Crippen LogP contribution in [0.1, 0.15) is 25.3 Å². The maximum atomic E-state index is 12.2. The second-order valence-electron chi connectivity index (χ2n) is 4.81. The molecule has 0 bridgehead atoms. The molecule has 0 atom stereocenters. The third kappa shape index (κ3) is 2.93. The zero-order valence-electron chi connectivity index (χ0n) is 10.9. The molecule has 98 valence electrons. The standard InChI is InChI=1S/C14H19NO2S/c1-12-5-7-14(8-6-12)18(16,17)11-13(2)15-9-3-4-10-15/h5-8,11H,3-4,9-10H2,1-2H3/b13-11-. The molecular weight excluding hydrogens is 246 g/mol. The van der Waals surface area contributed by atoms with Gasteiger partial charge in [0.1, 0.15) is 0 Å². The lowest BCUT2D eigenvalue weighted by Crippen LogP contribution is -2.17. The molecule has 0 amide bonds. The van der Waals surface area contributed by atoms with Gasteiger partial charge in [0, 0.05) is 18.8 Å². The van der Waals surface area contributed by atoms with E-state index in [9.17, 15) is 8.42 Å². The summed E-state index contributed by atoms with van der Waals surface area (Å²) in [5.41, 5.74) is 1.90. The van der Waals surface area contributed by atoms with Crippen LogP contribution in [0.25, 0.3) is 0 Å². The molecule has 0 N–H and O–H groups in total. The molecule has 4 heteroatoms. The smallest absolute Gasteiger partial charge is 0.201 e. The number of sulfone groups is 1. The second kappa shape index (κ2) is 5.14. The first-order valence-electron chi connectivity index (χ1n) is 6.24. The Bertz CT molecular complexity index is 538. The van der Waals surface area contributed by atoms with Crippen LogP contribution in [0.5, 0.6) is 0 Å². The summed E-state index contributed by atoms with van der Waals surface area (Å²) in [6, 6.07) is 6.98. The number of aryl methyl sites for hydroxylation is 1. The molecule has 0 unspecified atom stereocenters. The molecule has 0 aromatic heterocycles. The summed E-state index contributed by atoms with van der Waals surface area (Å²) in [4.78, 5) is 2.50. The van der Waals surface area contributed by atoms with E-state index in [0.717, 1.165) is 37.2 Å². The highest BCUT2D eigenvalue weighted by Crippen LogP contribution is 2.19. The minimum atomic E-state index is -3.32. The van der Waals surface area contributed by atoms with Crippen molar-refractivity contribution in [2.45, 2.75) is 31.6 Å². The average Bonchev–Trinajstić information content (AvgIpc) is 2.82. The Balaban J connectivity index is 2.25. The lowest BCUT2D eigenvalue weighted by molar-refractivity contribution is 0.428. The molecule has 1 saturated heterocycles. The molecule has 1 fully saturated rings. The number of hydrogen-bond donors (Lipinski definition) is 0. The number of hydrogen-bond acceptors (Lipinski definition) is 3. The minimum absolute atomic E-state index is 0.367. The molecule has 1 aromatic carbocycles. The zero-order valence-corrected chi connectivity index (χ0v) is 11.7. The summed E-state index contributed by atoms with van der Waals surface area (Å²) in [5.74, 6) is 0. The van der Waals surface area contributed by atoms with Gasteiger partial charge in [0.05, 0.1) is 10.3 Å². The molecule has 1 aliphatic heterocycles. The molecule has 1 aromatic rings. The quantitative estimate of drug-likeness (QED) is 0.843. The van der Waals surface area contributed by atoms with E-state index < -0.39 is 9.84 Å². The Morgan fingerprint density at radius 1 is 1.17 bits per heavy atom. The first-order valence-corrected chi connectivity index (χ1v) is 7.79. The van der Waals surface area contributed by atoms with Crippen molar-refractivity contribution in [1.29, 1.82) is 0 Å². The van der Waals surface area contributed by atoms with Gasteiger partial charge < -0.3 is 4.90 Å². The molecular formula is C14H19NO2S. The highest BCUT2D eigenvalue weighted by molar-refractivity contribution is 7.94. The first-order chi connectivity index (χ1) is 8.49. The van der Waals surface area contributed by atoms with Crippen molar-refractivity contribution in [1.82, 2.24) is 4.90 Å². The van der Waals surface area contributed by atoms with E-state index in [1.54, 1.807) is 12.1 Å². The van der Waals surface area contributed by atoms with Crippen molar-refractivity contribution < 1.29 is 8.42 Å². The monoisotopic (exact) mass is 265 g/mol. The zero-order chi connectivity index (χ0) is 13.2. The van der Waals surface area contributed by atoms with E-state index in [2.05, 4.69) is 4.90 Å². The number of likely N-dealkylation sites (tertiary alicyclic amines) is 1. The van der Waals surface area contributed by atoms with E-state index in [0.29, 0.717) is 4.90 Å². The number of nitrogens with zero attached hydrogens (tertiary/aromatic N) is 1. The second-order valence-corrected chi connectivity index (χ2v) is 6.61. The van der Waals surface area contributed by atoms with Crippen LogP contribution >= 0.6 is 0 Å². The van der Waals surface area contributed by atoms with Crippen molar-refractivity contribution in [3.8, 4) is 0 Å². The predicted molar refractivity (Wildman–Crippen MR) is 72.9 cm³/mol. The van der Waals surface area contributed by atoms with Crippen LogP contribution in [0.15, 0.2) is 40.3 Å². The van der Waals surface area contributed by atoms with Gasteiger partial charge in [0.15, 0.2) is 0 Å². The Morgan fingerprint density at radius 3 is 2.28 bits per heavy atom. The molecule has 2 rings (SSSR count). The van der Waals surface area contributed by atoms with Crippen molar-refractivity contribution >= 4 is 9.84 Å². The van der Waals surface area contributed by atoms with Crippen LogP contribution in [0, 0.1) is 6.92 Å². The lowest BCUT2D eigenvalue weighted by Gasteiger charge is -2.17. The fourth-order valence-electron chi connectivity index (χ4n) is 2.16. The van der Waals surface area contributed by atoms with Crippen molar-refractivity contribution in [3.63, 3.8) is 0 Å². The van der Waals surface area contributed by atoms with Crippen molar-refractivity contribution in [3.05, 3.63) is 40.9 Å². The van der Waals surface area contributed by atoms with Gasteiger partial charge in [-0.2, -0.15) is 0 Å². The van der Waals surface area contributed by atoms with Crippen LogP contribution in [-0.4, -0.2) is 26.4 Å². The van der Waals surface area contributed by atoms with Gasteiger partial charge in [0.25, 0.3) is 0 Å². The average molecular weight is 265 g/mol. The Hall–Kier alpha value is -1.29. The molecule has 1 aliphatic rings.